The van der Waals surface area contributed by atoms with Crippen LogP contribution in [0.4, 0.5) is 0 Å². The molecule has 1 amide bonds. The quantitative estimate of drug-likeness (QED) is 0.785. The Hall–Kier alpha value is -2.64. The number of amides is 1. The first-order valence-electron chi connectivity index (χ1n) is 8.45. The smallest absolute Gasteiger partial charge is 0.269 e. The third kappa shape index (κ3) is 2.61. The monoisotopic (exact) mass is 338 g/mol. The van der Waals surface area contributed by atoms with E-state index in [1.807, 2.05) is 55.9 Å². The second-order valence-electron chi connectivity index (χ2n) is 6.64. The Balaban J connectivity index is 1.74. The van der Waals surface area contributed by atoms with Crippen LogP contribution in [0.2, 0.25) is 0 Å². The fourth-order valence-corrected chi connectivity index (χ4v) is 3.37. The molecule has 130 valence electrons. The molecule has 0 aliphatic carbocycles. The number of fused-ring (bicyclic) bond motifs is 1. The first kappa shape index (κ1) is 15.9. The summed E-state index contributed by atoms with van der Waals surface area (Å²) in [4.78, 5) is 17.2. The standard InChI is InChI=1S/C18H22N6O/c1-11(2)14-15(22-18-20-10-21-24(18)17(14)25)12-4-6-13(7-5-12)16-19-8-9-23(16)3/h4-9,11,18,20-22H,10H2,1-3H3. The lowest BCUT2D eigenvalue weighted by Crippen LogP contribution is -2.56. The van der Waals surface area contributed by atoms with Crippen LogP contribution in [-0.2, 0) is 11.8 Å². The number of carbonyl (C=O) groups excluding carboxylic acids is 1. The van der Waals surface area contributed by atoms with Gasteiger partial charge in [-0.05, 0) is 11.5 Å². The maximum absolute atomic E-state index is 12.8. The highest BCUT2D eigenvalue weighted by atomic mass is 16.2. The fourth-order valence-electron chi connectivity index (χ4n) is 3.37. The Bertz CT molecular complexity index is 836. The van der Waals surface area contributed by atoms with E-state index in [1.165, 1.54) is 0 Å². The van der Waals surface area contributed by atoms with E-state index in [2.05, 4.69) is 21.0 Å². The second kappa shape index (κ2) is 6.02. The minimum atomic E-state index is -0.223. The van der Waals surface area contributed by atoms with Crippen LogP contribution in [-0.4, -0.2) is 33.4 Å². The average Bonchev–Trinajstić information content (AvgIpc) is 3.23. The van der Waals surface area contributed by atoms with Crippen molar-refractivity contribution in [3.8, 4) is 11.4 Å². The van der Waals surface area contributed by atoms with Crippen LogP contribution in [0.25, 0.3) is 17.1 Å². The van der Waals surface area contributed by atoms with E-state index in [-0.39, 0.29) is 18.1 Å². The largest absolute Gasteiger partial charge is 0.351 e. The van der Waals surface area contributed by atoms with Gasteiger partial charge in [0.25, 0.3) is 5.91 Å². The third-order valence-electron chi connectivity index (χ3n) is 4.63. The lowest BCUT2D eigenvalue weighted by molar-refractivity contribution is -0.132. The van der Waals surface area contributed by atoms with Crippen molar-refractivity contribution in [2.45, 2.75) is 20.1 Å². The first-order valence-corrected chi connectivity index (χ1v) is 8.45. The molecule has 3 N–H and O–H groups in total. The van der Waals surface area contributed by atoms with Crippen LogP contribution in [0.3, 0.4) is 0 Å². The number of imidazole rings is 1. The summed E-state index contributed by atoms with van der Waals surface area (Å²) in [5.41, 5.74) is 6.80. The van der Waals surface area contributed by atoms with Gasteiger partial charge in [-0.3, -0.25) is 10.1 Å². The lowest BCUT2D eigenvalue weighted by Gasteiger charge is -2.34. The summed E-state index contributed by atoms with van der Waals surface area (Å²) in [7, 11) is 1.98. The van der Waals surface area contributed by atoms with Crippen LogP contribution < -0.4 is 16.1 Å². The van der Waals surface area contributed by atoms with Gasteiger partial charge in [-0.25, -0.2) is 15.4 Å². The number of hydrogen-bond donors (Lipinski definition) is 3. The van der Waals surface area contributed by atoms with Crippen molar-refractivity contribution < 1.29 is 4.79 Å². The van der Waals surface area contributed by atoms with E-state index >= 15 is 0 Å². The molecule has 4 rings (SSSR count). The van der Waals surface area contributed by atoms with Gasteiger partial charge >= 0.3 is 0 Å². The number of hydrazine groups is 1. The van der Waals surface area contributed by atoms with Gasteiger partial charge in [0.15, 0.2) is 6.29 Å². The summed E-state index contributed by atoms with van der Waals surface area (Å²) in [6.45, 7) is 4.65. The summed E-state index contributed by atoms with van der Waals surface area (Å²) >= 11 is 0. The number of carbonyl (C=O) groups is 1. The summed E-state index contributed by atoms with van der Waals surface area (Å²) in [5.74, 6) is 1.06. The van der Waals surface area contributed by atoms with Crippen molar-refractivity contribution in [1.82, 2.24) is 30.6 Å². The van der Waals surface area contributed by atoms with Crippen molar-refractivity contribution in [3.05, 3.63) is 47.8 Å². The topological polar surface area (TPSA) is 74.2 Å². The predicted molar refractivity (Wildman–Crippen MR) is 95.3 cm³/mol. The second-order valence-corrected chi connectivity index (χ2v) is 6.64. The van der Waals surface area contributed by atoms with Crippen LogP contribution in [0.15, 0.2) is 42.2 Å². The highest BCUT2D eigenvalue weighted by Crippen LogP contribution is 2.29. The van der Waals surface area contributed by atoms with E-state index in [9.17, 15) is 4.79 Å². The summed E-state index contributed by atoms with van der Waals surface area (Å²) in [5, 5.41) is 8.30. The van der Waals surface area contributed by atoms with Gasteiger partial charge in [0, 0.05) is 30.6 Å². The molecule has 25 heavy (non-hydrogen) atoms. The molecule has 7 nitrogen and oxygen atoms in total. The zero-order valence-corrected chi connectivity index (χ0v) is 14.6. The van der Waals surface area contributed by atoms with Crippen molar-refractivity contribution in [1.29, 1.82) is 0 Å². The van der Waals surface area contributed by atoms with Crippen molar-refractivity contribution in [2.75, 3.05) is 6.67 Å². The third-order valence-corrected chi connectivity index (χ3v) is 4.63. The normalized spacial score (nSPS) is 20.2. The Labute approximate surface area is 146 Å². The molecule has 0 saturated carbocycles. The average molecular weight is 338 g/mol. The van der Waals surface area contributed by atoms with E-state index in [4.69, 9.17) is 0 Å². The summed E-state index contributed by atoms with van der Waals surface area (Å²) in [6, 6.07) is 8.17. The van der Waals surface area contributed by atoms with Crippen molar-refractivity contribution >= 4 is 11.6 Å². The van der Waals surface area contributed by atoms with Gasteiger partial charge in [-0.1, -0.05) is 38.1 Å². The van der Waals surface area contributed by atoms with Gasteiger partial charge in [-0.2, -0.15) is 0 Å². The molecule has 1 saturated heterocycles. The number of nitrogens with one attached hydrogen (secondary N) is 3. The highest BCUT2D eigenvalue weighted by Gasteiger charge is 2.38. The first-order chi connectivity index (χ1) is 12.1. The Kier molecular flexibility index (Phi) is 3.82. The molecular weight excluding hydrogens is 316 g/mol. The van der Waals surface area contributed by atoms with Crippen LogP contribution in [0.5, 0.6) is 0 Å². The molecule has 1 atom stereocenters. The number of hydrogen-bond acceptors (Lipinski definition) is 5. The molecule has 1 unspecified atom stereocenters. The zero-order valence-electron chi connectivity index (χ0n) is 14.6. The Morgan fingerprint density at radius 3 is 2.56 bits per heavy atom. The maximum atomic E-state index is 12.8. The SMILES string of the molecule is CC(C)C1=C(c2ccc(-c3nccn3C)cc2)NC2NCNN2C1=O. The van der Waals surface area contributed by atoms with E-state index in [0.29, 0.717) is 6.67 Å². The molecule has 2 aromatic rings. The molecule has 0 bridgehead atoms. The van der Waals surface area contributed by atoms with E-state index in [0.717, 1.165) is 28.2 Å². The van der Waals surface area contributed by atoms with Gasteiger partial charge < -0.3 is 9.88 Å². The van der Waals surface area contributed by atoms with Crippen molar-refractivity contribution in [2.24, 2.45) is 13.0 Å². The minimum absolute atomic E-state index is 0.0203. The zero-order chi connectivity index (χ0) is 17.6. The molecule has 2 aliphatic rings. The Morgan fingerprint density at radius 2 is 1.92 bits per heavy atom. The maximum Gasteiger partial charge on any atom is 0.269 e. The molecule has 1 aromatic heterocycles. The predicted octanol–water partition coefficient (Wildman–Crippen LogP) is 1.23. The van der Waals surface area contributed by atoms with Crippen LogP contribution >= 0.6 is 0 Å². The van der Waals surface area contributed by atoms with Gasteiger partial charge in [0.05, 0.1) is 12.4 Å². The van der Waals surface area contributed by atoms with Gasteiger partial charge in [-0.15, -0.1) is 0 Å². The molecule has 0 spiro atoms. The number of rotatable bonds is 3. The number of benzene rings is 1. The fraction of sp³-hybridized carbons (Fsp3) is 0.333. The molecular formula is C18H22N6O. The number of nitrogens with zero attached hydrogens (tertiary/aromatic N) is 3. The summed E-state index contributed by atoms with van der Waals surface area (Å²) < 4.78 is 1.99. The molecule has 2 aliphatic heterocycles. The lowest BCUT2D eigenvalue weighted by atomic mass is 9.94. The number of aryl methyl sites for hydroxylation is 1. The van der Waals surface area contributed by atoms with E-state index in [1.54, 1.807) is 11.2 Å². The molecule has 3 heterocycles. The van der Waals surface area contributed by atoms with Gasteiger partial charge in [0.2, 0.25) is 0 Å². The van der Waals surface area contributed by atoms with Crippen LogP contribution in [0, 0.1) is 5.92 Å². The summed E-state index contributed by atoms with van der Waals surface area (Å²) in [6.07, 6.45) is 3.49. The van der Waals surface area contributed by atoms with E-state index < -0.39 is 0 Å². The van der Waals surface area contributed by atoms with Crippen molar-refractivity contribution in [3.63, 3.8) is 0 Å². The molecule has 7 heteroatoms. The highest BCUT2D eigenvalue weighted by molar-refractivity contribution is 6.02. The molecule has 1 fully saturated rings. The minimum Gasteiger partial charge on any atom is -0.351 e. The van der Waals surface area contributed by atoms with Crippen LogP contribution in [0.1, 0.15) is 19.4 Å². The number of aromatic nitrogens is 2. The molecule has 1 aromatic carbocycles. The Morgan fingerprint density at radius 1 is 1.20 bits per heavy atom. The van der Waals surface area contributed by atoms with Gasteiger partial charge in [0.1, 0.15) is 5.82 Å². The molecule has 0 radical (unpaired) electrons.